The largest absolute Gasteiger partial charge is 0.345 e. The van der Waals surface area contributed by atoms with Crippen LogP contribution >= 0.6 is 0 Å². The first-order valence-corrected chi connectivity index (χ1v) is 10.5. The van der Waals surface area contributed by atoms with Gasteiger partial charge in [0.05, 0.1) is 0 Å². The summed E-state index contributed by atoms with van der Waals surface area (Å²) >= 11 is 0. The first-order chi connectivity index (χ1) is 13.9. The van der Waals surface area contributed by atoms with Crippen LogP contribution in [0.3, 0.4) is 0 Å². The van der Waals surface area contributed by atoms with E-state index in [0.29, 0.717) is 29.6 Å². The van der Waals surface area contributed by atoms with Crippen LogP contribution in [0.5, 0.6) is 0 Å². The fourth-order valence-electron chi connectivity index (χ4n) is 6.66. The number of carbonyl (C=O) groups excluding carboxylic acids is 2. The lowest BCUT2D eigenvalue weighted by Crippen LogP contribution is -2.63. The van der Waals surface area contributed by atoms with Crippen molar-refractivity contribution in [2.75, 3.05) is 0 Å². The summed E-state index contributed by atoms with van der Waals surface area (Å²) in [5.74, 6) is 1.14. The fourth-order valence-corrected chi connectivity index (χ4v) is 6.66. The Morgan fingerprint density at radius 1 is 1.07 bits per heavy atom. The molecule has 6 nitrogen and oxygen atoms in total. The van der Waals surface area contributed by atoms with Gasteiger partial charge in [0, 0.05) is 23.9 Å². The average Bonchev–Trinajstić information content (AvgIpc) is 2.67. The number of nitrogens with zero attached hydrogens (tertiary/aromatic N) is 3. The van der Waals surface area contributed by atoms with Gasteiger partial charge in [-0.05, 0) is 87.0 Å². The number of Topliss-reactive ketones (excluding diaryl/α,β-unsaturated/α-hetero) is 1. The molecule has 2 aromatic heterocycles. The maximum atomic E-state index is 13.0. The Bertz CT molecular complexity index is 944. The first kappa shape index (κ1) is 18.4. The molecule has 0 spiro atoms. The minimum Gasteiger partial charge on any atom is -0.345 e. The summed E-state index contributed by atoms with van der Waals surface area (Å²) < 4.78 is 0. The highest BCUT2D eigenvalue weighted by Crippen LogP contribution is 2.63. The summed E-state index contributed by atoms with van der Waals surface area (Å²) in [6.45, 7) is 1.90. The van der Waals surface area contributed by atoms with Crippen LogP contribution in [-0.4, -0.2) is 32.4 Å². The maximum Gasteiger partial charge on any atom is 0.270 e. The zero-order valence-corrected chi connectivity index (χ0v) is 16.7. The van der Waals surface area contributed by atoms with Crippen LogP contribution in [0.2, 0.25) is 0 Å². The third-order valence-electron chi connectivity index (χ3n) is 7.08. The highest BCUT2D eigenvalue weighted by atomic mass is 16.2. The van der Waals surface area contributed by atoms with Gasteiger partial charge in [-0.1, -0.05) is 6.07 Å². The van der Waals surface area contributed by atoms with Gasteiger partial charge in [0.2, 0.25) is 0 Å². The quantitative estimate of drug-likeness (QED) is 0.790. The zero-order valence-electron chi connectivity index (χ0n) is 16.7. The van der Waals surface area contributed by atoms with E-state index in [0.717, 1.165) is 37.8 Å². The van der Waals surface area contributed by atoms with E-state index >= 15 is 0 Å². The maximum absolute atomic E-state index is 13.0. The molecule has 6 heteroatoms. The molecule has 4 saturated carbocycles. The van der Waals surface area contributed by atoms with Crippen LogP contribution in [-0.2, 0) is 0 Å². The lowest BCUT2D eigenvalue weighted by molar-refractivity contribution is -0.0771. The van der Waals surface area contributed by atoms with Crippen LogP contribution < -0.4 is 5.32 Å². The molecular weight excluding hydrogens is 364 g/mol. The Morgan fingerprint density at radius 3 is 2.52 bits per heavy atom. The number of hydrogen-bond acceptors (Lipinski definition) is 5. The number of amides is 1. The SMILES string of the molecule is Cc1cccc(C(=O)NC23CC4CC(CC(CC(=O)c5cccnn5)(C4)C2)C3)n1. The summed E-state index contributed by atoms with van der Waals surface area (Å²) in [5, 5.41) is 11.2. The van der Waals surface area contributed by atoms with Crippen molar-refractivity contribution in [3.63, 3.8) is 0 Å². The molecule has 0 aromatic carbocycles. The molecule has 150 valence electrons. The minimum absolute atomic E-state index is 0.0357. The van der Waals surface area contributed by atoms with Crippen LogP contribution in [0.1, 0.15) is 71.6 Å². The van der Waals surface area contributed by atoms with Gasteiger partial charge in [0.15, 0.2) is 5.78 Å². The molecule has 0 saturated heterocycles. The van der Waals surface area contributed by atoms with E-state index in [1.54, 1.807) is 24.4 Å². The average molecular weight is 390 g/mol. The van der Waals surface area contributed by atoms with Crippen LogP contribution in [0, 0.1) is 24.2 Å². The minimum atomic E-state index is -0.213. The van der Waals surface area contributed by atoms with Gasteiger partial charge < -0.3 is 5.32 Å². The molecule has 4 aliphatic rings. The molecule has 2 heterocycles. The van der Waals surface area contributed by atoms with Crippen molar-refractivity contribution in [2.45, 2.75) is 57.4 Å². The predicted molar refractivity (Wildman–Crippen MR) is 107 cm³/mol. The van der Waals surface area contributed by atoms with Crippen molar-refractivity contribution in [1.82, 2.24) is 20.5 Å². The van der Waals surface area contributed by atoms with Crippen molar-refractivity contribution in [2.24, 2.45) is 17.3 Å². The van der Waals surface area contributed by atoms with Crippen molar-refractivity contribution >= 4 is 11.7 Å². The number of carbonyl (C=O) groups is 2. The second-order valence-corrected chi connectivity index (χ2v) is 9.57. The van der Waals surface area contributed by atoms with Crippen molar-refractivity contribution < 1.29 is 9.59 Å². The van der Waals surface area contributed by atoms with Crippen LogP contribution in [0.25, 0.3) is 0 Å². The zero-order chi connectivity index (χ0) is 20.1. The molecule has 4 fully saturated rings. The van der Waals surface area contributed by atoms with Gasteiger partial charge in [-0.25, -0.2) is 4.98 Å². The number of nitrogens with one attached hydrogen (secondary N) is 1. The normalized spacial score (nSPS) is 32.2. The molecule has 2 aromatic rings. The first-order valence-electron chi connectivity index (χ1n) is 10.5. The van der Waals surface area contributed by atoms with Gasteiger partial charge in [0.25, 0.3) is 5.91 Å². The molecule has 4 aliphatic carbocycles. The monoisotopic (exact) mass is 390 g/mol. The van der Waals surface area contributed by atoms with Gasteiger partial charge in [0.1, 0.15) is 11.4 Å². The summed E-state index contributed by atoms with van der Waals surface area (Å²) in [4.78, 5) is 30.3. The highest BCUT2D eigenvalue weighted by Gasteiger charge is 2.58. The number of hydrogen-bond donors (Lipinski definition) is 1. The van der Waals surface area contributed by atoms with Gasteiger partial charge in [-0.2, -0.15) is 5.10 Å². The van der Waals surface area contributed by atoms with Crippen molar-refractivity contribution in [3.8, 4) is 0 Å². The van der Waals surface area contributed by atoms with E-state index in [9.17, 15) is 9.59 Å². The molecule has 2 unspecified atom stereocenters. The van der Waals surface area contributed by atoms with Crippen LogP contribution in [0.15, 0.2) is 36.5 Å². The second-order valence-electron chi connectivity index (χ2n) is 9.57. The van der Waals surface area contributed by atoms with E-state index in [4.69, 9.17) is 0 Å². The summed E-state index contributed by atoms with van der Waals surface area (Å²) in [6, 6.07) is 9.05. The van der Waals surface area contributed by atoms with Crippen LogP contribution in [0.4, 0.5) is 0 Å². The summed E-state index contributed by atoms with van der Waals surface area (Å²) in [7, 11) is 0. The van der Waals surface area contributed by atoms with Gasteiger partial charge in [-0.15, -0.1) is 5.10 Å². The van der Waals surface area contributed by atoms with Crippen molar-refractivity contribution in [3.05, 3.63) is 53.6 Å². The molecular formula is C23H26N4O2. The Labute approximate surface area is 170 Å². The Morgan fingerprint density at radius 2 is 1.83 bits per heavy atom. The predicted octanol–water partition coefficient (Wildman–Crippen LogP) is 3.52. The molecule has 29 heavy (non-hydrogen) atoms. The van der Waals surface area contributed by atoms with E-state index in [1.807, 2.05) is 19.1 Å². The number of rotatable bonds is 5. The van der Waals surface area contributed by atoms with Crippen molar-refractivity contribution in [1.29, 1.82) is 0 Å². The standard InChI is InChI=1S/C23H26N4O2/c1-15-4-2-5-19(25-15)21(29)26-23-11-16-8-17(12-23)10-22(9-16,14-23)13-20(28)18-6-3-7-24-27-18/h2-7,16-17H,8-14H2,1H3,(H,26,29). The molecule has 1 N–H and O–H groups in total. The lowest BCUT2D eigenvalue weighted by Gasteiger charge is -2.62. The fraction of sp³-hybridized carbons (Fsp3) is 0.522. The van der Waals surface area contributed by atoms with E-state index in [1.165, 1.54) is 6.42 Å². The second kappa shape index (κ2) is 6.71. The van der Waals surface area contributed by atoms with E-state index in [2.05, 4.69) is 20.5 Å². The summed E-state index contributed by atoms with van der Waals surface area (Å²) in [5.41, 5.74) is 1.52. The Hall–Kier alpha value is -2.63. The van der Waals surface area contributed by atoms with E-state index < -0.39 is 0 Å². The van der Waals surface area contributed by atoms with E-state index in [-0.39, 0.29) is 22.6 Å². The molecule has 1 amide bonds. The molecule has 0 aliphatic heterocycles. The highest BCUT2D eigenvalue weighted by molar-refractivity contribution is 5.94. The molecule has 0 radical (unpaired) electrons. The molecule has 4 bridgehead atoms. The topological polar surface area (TPSA) is 84.8 Å². The van der Waals surface area contributed by atoms with Gasteiger partial charge in [-0.3, -0.25) is 9.59 Å². The van der Waals surface area contributed by atoms with Gasteiger partial charge >= 0.3 is 0 Å². The number of aromatic nitrogens is 3. The number of pyridine rings is 1. The summed E-state index contributed by atoms with van der Waals surface area (Å²) in [6.07, 6.45) is 8.37. The number of aryl methyl sites for hydroxylation is 1. The number of ketones is 1. The molecule has 6 rings (SSSR count). The Kier molecular flexibility index (Phi) is 4.26. The molecule has 2 atom stereocenters. The third-order valence-corrected chi connectivity index (χ3v) is 7.08. The Balaban J connectivity index is 1.38. The lowest BCUT2D eigenvalue weighted by atomic mass is 9.46. The third kappa shape index (κ3) is 3.45. The smallest absolute Gasteiger partial charge is 0.270 e.